The summed E-state index contributed by atoms with van der Waals surface area (Å²) < 4.78 is 10.8. The Morgan fingerprint density at radius 3 is 2.43 bits per heavy atom. The third kappa shape index (κ3) is 6.40. The zero-order chi connectivity index (χ0) is 25.2. The first-order chi connectivity index (χ1) is 17.0. The average molecular weight is 467 g/mol. The van der Waals surface area contributed by atoms with E-state index in [0.717, 1.165) is 11.1 Å². The van der Waals surface area contributed by atoms with Crippen molar-refractivity contribution >= 4 is 29.0 Å². The summed E-state index contributed by atoms with van der Waals surface area (Å²) in [4.78, 5) is 12.6. The van der Waals surface area contributed by atoms with E-state index in [-0.39, 0.29) is 6.61 Å². The molecule has 3 aromatic carbocycles. The second kappa shape index (κ2) is 11.9. The van der Waals surface area contributed by atoms with Crippen molar-refractivity contribution in [2.75, 3.05) is 24.7 Å². The summed E-state index contributed by atoms with van der Waals surface area (Å²) >= 11 is 0. The first-order valence-corrected chi connectivity index (χ1v) is 11.1. The number of carbonyl (C=O) groups is 1. The van der Waals surface area contributed by atoms with Crippen LogP contribution in [0.4, 0.5) is 11.4 Å². The lowest BCUT2D eigenvalue weighted by Gasteiger charge is -2.13. The van der Waals surface area contributed by atoms with Crippen LogP contribution in [-0.2, 0) is 4.74 Å². The minimum atomic E-state index is -0.458. The van der Waals surface area contributed by atoms with Gasteiger partial charge in [-0.2, -0.15) is 10.5 Å². The van der Waals surface area contributed by atoms with Gasteiger partial charge in [0.15, 0.2) is 0 Å². The summed E-state index contributed by atoms with van der Waals surface area (Å²) in [7, 11) is 0. The SMILES string of the molecule is CCOC(=O)c1ccc(C=C(C#N)c2ccc(OCCCC#N)cc2)cc1-c1ccc(N)cc1N. The van der Waals surface area contributed by atoms with E-state index in [1.54, 1.807) is 73.7 Å². The lowest BCUT2D eigenvalue weighted by atomic mass is 9.94. The molecule has 7 nitrogen and oxygen atoms in total. The number of nitrogens with zero attached hydrogens (tertiary/aromatic N) is 2. The second-order valence-corrected chi connectivity index (χ2v) is 7.68. The van der Waals surface area contributed by atoms with Gasteiger partial charge in [0, 0.05) is 23.4 Å². The number of rotatable bonds is 9. The van der Waals surface area contributed by atoms with Crippen LogP contribution in [-0.4, -0.2) is 19.2 Å². The number of hydrogen-bond acceptors (Lipinski definition) is 7. The molecule has 4 N–H and O–H groups in total. The van der Waals surface area contributed by atoms with Gasteiger partial charge in [-0.15, -0.1) is 0 Å². The minimum Gasteiger partial charge on any atom is -0.494 e. The molecule has 3 aromatic rings. The molecule has 176 valence electrons. The van der Waals surface area contributed by atoms with E-state index in [0.29, 0.717) is 58.8 Å². The molecule has 0 aromatic heterocycles. The van der Waals surface area contributed by atoms with E-state index in [1.165, 1.54) is 0 Å². The molecule has 0 fully saturated rings. The molecule has 7 heteroatoms. The predicted octanol–water partition coefficient (Wildman–Crippen LogP) is 5.44. The topological polar surface area (TPSA) is 135 Å². The molecular weight excluding hydrogens is 440 g/mol. The van der Waals surface area contributed by atoms with Crippen LogP contribution in [0.5, 0.6) is 5.75 Å². The molecule has 0 bridgehead atoms. The third-order valence-corrected chi connectivity index (χ3v) is 5.20. The molecule has 0 aliphatic rings. The lowest BCUT2D eigenvalue weighted by Crippen LogP contribution is -2.07. The number of benzene rings is 3. The highest BCUT2D eigenvalue weighted by molar-refractivity contribution is 6.00. The second-order valence-electron chi connectivity index (χ2n) is 7.68. The Labute approximate surface area is 204 Å². The van der Waals surface area contributed by atoms with Crippen molar-refractivity contribution in [2.45, 2.75) is 19.8 Å². The van der Waals surface area contributed by atoms with Crippen molar-refractivity contribution in [3.63, 3.8) is 0 Å². The van der Waals surface area contributed by atoms with Crippen LogP contribution in [0.25, 0.3) is 22.8 Å². The number of anilines is 2. The number of carbonyl (C=O) groups excluding carboxylic acids is 1. The Hall–Kier alpha value is -4.75. The van der Waals surface area contributed by atoms with Gasteiger partial charge in [0.05, 0.1) is 36.5 Å². The maximum Gasteiger partial charge on any atom is 0.338 e. The van der Waals surface area contributed by atoms with Crippen molar-refractivity contribution in [1.82, 2.24) is 0 Å². The van der Waals surface area contributed by atoms with Crippen molar-refractivity contribution in [3.8, 4) is 29.0 Å². The highest BCUT2D eigenvalue weighted by atomic mass is 16.5. The molecule has 0 aliphatic carbocycles. The van der Waals surface area contributed by atoms with Crippen molar-refractivity contribution in [3.05, 3.63) is 77.4 Å². The fourth-order valence-corrected chi connectivity index (χ4v) is 3.51. The van der Waals surface area contributed by atoms with Gasteiger partial charge in [0.2, 0.25) is 0 Å². The van der Waals surface area contributed by atoms with E-state index in [2.05, 4.69) is 12.1 Å². The molecule has 0 radical (unpaired) electrons. The van der Waals surface area contributed by atoms with Crippen molar-refractivity contribution in [1.29, 1.82) is 10.5 Å². The maximum absolute atomic E-state index is 12.6. The van der Waals surface area contributed by atoms with Gasteiger partial charge in [0.25, 0.3) is 0 Å². The van der Waals surface area contributed by atoms with Gasteiger partial charge in [-0.25, -0.2) is 4.79 Å². The van der Waals surface area contributed by atoms with Crippen LogP contribution in [0.3, 0.4) is 0 Å². The molecule has 0 unspecified atom stereocenters. The van der Waals surface area contributed by atoms with Crippen LogP contribution in [0.1, 0.15) is 41.3 Å². The molecule has 0 spiro atoms. The molecule has 0 amide bonds. The average Bonchev–Trinajstić information content (AvgIpc) is 2.86. The summed E-state index contributed by atoms with van der Waals surface area (Å²) in [6.07, 6.45) is 2.84. The summed E-state index contributed by atoms with van der Waals surface area (Å²) in [5.74, 6) is 0.212. The lowest BCUT2D eigenvalue weighted by molar-refractivity contribution is 0.0527. The largest absolute Gasteiger partial charge is 0.494 e. The van der Waals surface area contributed by atoms with E-state index in [9.17, 15) is 10.1 Å². The zero-order valence-electron chi connectivity index (χ0n) is 19.5. The van der Waals surface area contributed by atoms with E-state index in [1.807, 2.05) is 0 Å². The van der Waals surface area contributed by atoms with Gasteiger partial charge in [0.1, 0.15) is 5.75 Å². The highest BCUT2D eigenvalue weighted by Crippen LogP contribution is 2.33. The van der Waals surface area contributed by atoms with E-state index < -0.39 is 5.97 Å². The number of ether oxygens (including phenoxy) is 2. The summed E-state index contributed by atoms with van der Waals surface area (Å²) in [5, 5.41) is 18.4. The minimum absolute atomic E-state index is 0.244. The number of nitrogens with two attached hydrogens (primary N) is 2. The highest BCUT2D eigenvalue weighted by Gasteiger charge is 2.17. The molecule has 0 heterocycles. The quantitative estimate of drug-likeness (QED) is 0.141. The molecule has 0 aliphatic heterocycles. The summed E-state index contributed by atoms with van der Waals surface area (Å²) in [6.45, 7) is 2.44. The predicted molar refractivity (Wildman–Crippen MR) is 137 cm³/mol. The zero-order valence-corrected chi connectivity index (χ0v) is 19.5. The van der Waals surface area contributed by atoms with Crippen LogP contribution in [0, 0.1) is 22.7 Å². The van der Waals surface area contributed by atoms with Crippen molar-refractivity contribution < 1.29 is 14.3 Å². The smallest absolute Gasteiger partial charge is 0.338 e. The van der Waals surface area contributed by atoms with Crippen molar-refractivity contribution in [2.24, 2.45) is 0 Å². The number of hydrogen-bond donors (Lipinski definition) is 2. The van der Waals surface area contributed by atoms with Gasteiger partial charge in [-0.1, -0.05) is 12.1 Å². The molecule has 0 atom stereocenters. The van der Waals surface area contributed by atoms with Gasteiger partial charge in [-0.05, 0) is 84.6 Å². The Balaban J connectivity index is 1.96. The Morgan fingerprint density at radius 1 is 1.00 bits per heavy atom. The van der Waals surface area contributed by atoms with E-state index in [4.69, 9.17) is 26.2 Å². The number of nitriles is 2. The fraction of sp³-hybridized carbons (Fsp3) is 0.179. The molecule has 0 saturated heterocycles. The summed E-state index contributed by atoms with van der Waals surface area (Å²) in [5.41, 5.74) is 16.5. The molecule has 3 rings (SSSR count). The van der Waals surface area contributed by atoms with Crippen LogP contribution in [0.2, 0.25) is 0 Å². The fourth-order valence-electron chi connectivity index (χ4n) is 3.51. The number of unbranched alkanes of at least 4 members (excludes halogenated alkanes) is 1. The van der Waals surface area contributed by atoms with Gasteiger partial charge in [-0.3, -0.25) is 0 Å². The standard InChI is InChI=1S/C28H26N4O3/c1-2-34-28(33)25-11-5-19(16-26(25)24-12-8-22(31)17-27(24)32)15-21(18-30)20-6-9-23(10-7-20)35-14-4-3-13-29/h5-12,15-17H,2-4,14,31-32H2,1H3. The molecule has 35 heavy (non-hydrogen) atoms. The monoisotopic (exact) mass is 466 g/mol. The molecular formula is C28H26N4O3. The Kier molecular flexibility index (Phi) is 8.48. The molecule has 0 saturated carbocycles. The van der Waals surface area contributed by atoms with E-state index >= 15 is 0 Å². The number of esters is 1. The third-order valence-electron chi connectivity index (χ3n) is 5.20. The first kappa shape index (κ1) is 24.9. The summed E-state index contributed by atoms with van der Waals surface area (Å²) in [6, 6.07) is 21.8. The van der Waals surface area contributed by atoms with Crippen LogP contribution in [0.15, 0.2) is 60.7 Å². The Bertz CT molecular complexity index is 1320. The number of nitrogen functional groups attached to an aromatic ring is 2. The van der Waals surface area contributed by atoms with Gasteiger partial charge < -0.3 is 20.9 Å². The van der Waals surface area contributed by atoms with Crippen LogP contribution < -0.4 is 16.2 Å². The Morgan fingerprint density at radius 2 is 1.77 bits per heavy atom. The normalized spacial score (nSPS) is 10.8. The number of allylic oxidation sites excluding steroid dienone is 1. The van der Waals surface area contributed by atoms with Gasteiger partial charge >= 0.3 is 5.97 Å². The first-order valence-electron chi connectivity index (χ1n) is 11.1. The van der Waals surface area contributed by atoms with Crippen LogP contribution >= 0.6 is 0 Å². The maximum atomic E-state index is 12.6.